The predicted molar refractivity (Wildman–Crippen MR) is 130 cm³/mol. The summed E-state index contributed by atoms with van der Waals surface area (Å²) in [5.41, 5.74) is 0.670. The first-order chi connectivity index (χ1) is 16.5. The molecule has 2 aliphatic rings. The number of ether oxygens (including phenoxy) is 2. The molecule has 1 aromatic carbocycles. The van der Waals surface area contributed by atoms with E-state index in [9.17, 15) is 4.79 Å². The summed E-state index contributed by atoms with van der Waals surface area (Å²) < 4.78 is 18.8. The molecule has 9 nitrogen and oxygen atoms in total. The van der Waals surface area contributed by atoms with E-state index in [0.717, 1.165) is 24.8 Å². The largest absolute Gasteiger partial charge is 0.486 e. The number of nitrogens with one attached hydrogen (secondary N) is 1. The maximum Gasteiger partial charge on any atom is 0.234 e. The maximum atomic E-state index is 12.7. The van der Waals surface area contributed by atoms with Gasteiger partial charge in [0.05, 0.1) is 18.6 Å². The number of carbonyl (C=O) groups excluding carboxylic acids is 1. The van der Waals surface area contributed by atoms with Crippen molar-refractivity contribution < 1.29 is 18.7 Å². The molecule has 1 N–H and O–H groups in total. The van der Waals surface area contributed by atoms with E-state index in [1.807, 2.05) is 28.8 Å². The number of piperidine rings is 1. The van der Waals surface area contributed by atoms with Crippen LogP contribution in [0.2, 0.25) is 0 Å². The van der Waals surface area contributed by atoms with Gasteiger partial charge in [-0.25, -0.2) is 0 Å². The van der Waals surface area contributed by atoms with Crippen LogP contribution in [0.3, 0.4) is 0 Å². The highest BCUT2D eigenvalue weighted by molar-refractivity contribution is 7.99. The minimum absolute atomic E-state index is 0.129. The predicted octanol–water partition coefficient (Wildman–Crippen LogP) is 3.90. The molecule has 0 aliphatic carbocycles. The van der Waals surface area contributed by atoms with Crippen LogP contribution >= 0.6 is 11.8 Å². The van der Waals surface area contributed by atoms with Crippen LogP contribution in [-0.4, -0.2) is 52.7 Å². The van der Waals surface area contributed by atoms with Crippen molar-refractivity contribution in [3.8, 4) is 11.5 Å². The van der Waals surface area contributed by atoms with Crippen LogP contribution in [0.25, 0.3) is 0 Å². The second-order valence-electron chi connectivity index (χ2n) is 8.99. The van der Waals surface area contributed by atoms with Gasteiger partial charge in [-0.2, -0.15) is 0 Å². The van der Waals surface area contributed by atoms with Crippen LogP contribution in [0.5, 0.6) is 11.5 Å². The maximum absolute atomic E-state index is 12.7. The number of carbonyl (C=O) groups is 1. The van der Waals surface area contributed by atoms with Crippen LogP contribution in [0.1, 0.15) is 26.0 Å². The summed E-state index contributed by atoms with van der Waals surface area (Å²) in [6.07, 6.45) is 2.88. The van der Waals surface area contributed by atoms with Crippen LogP contribution < -0.4 is 19.7 Å². The number of thioether (sulfide) groups is 1. The first kappa shape index (κ1) is 22.6. The first-order valence-electron chi connectivity index (χ1n) is 11.6. The molecular weight excluding hydrogens is 454 g/mol. The van der Waals surface area contributed by atoms with Gasteiger partial charge in [0, 0.05) is 24.8 Å². The van der Waals surface area contributed by atoms with Crippen molar-refractivity contribution >= 4 is 29.3 Å². The van der Waals surface area contributed by atoms with Gasteiger partial charge < -0.3 is 24.1 Å². The topological polar surface area (TPSA) is 94.7 Å². The van der Waals surface area contributed by atoms with Gasteiger partial charge in [-0.3, -0.25) is 9.36 Å². The molecule has 3 aromatic rings. The van der Waals surface area contributed by atoms with Crippen molar-refractivity contribution in [2.24, 2.45) is 11.8 Å². The molecular formula is C24H29N5O4S. The number of hydrogen-bond acceptors (Lipinski definition) is 8. The Balaban J connectivity index is 1.29. The van der Waals surface area contributed by atoms with E-state index >= 15 is 0 Å². The van der Waals surface area contributed by atoms with Gasteiger partial charge in [0.25, 0.3) is 0 Å². The average molecular weight is 484 g/mol. The van der Waals surface area contributed by atoms with Gasteiger partial charge >= 0.3 is 0 Å². The molecule has 0 spiro atoms. The third-order valence-corrected chi connectivity index (χ3v) is 6.87. The Hall–Kier alpha value is -3.14. The normalized spacial score (nSPS) is 19.8. The van der Waals surface area contributed by atoms with Gasteiger partial charge in [-0.1, -0.05) is 25.6 Å². The Morgan fingerprint density at radius 1 is 1.12 bits per heavy atom. The average Bonchev–Trinajstić information content (AvgIpc) is 3.47. The van der Waals surface area contributed by atoms with Gasteiger partial charge in [0.2, 0.25) is 11.9 Å². The number of amides is 1. The molecule has 2 aromatic heterocycles. The summed E-state index contributed by atoms with van der Waals surface area (Å²) in [4.78, 5) is 15.0. The molecule has 2 unspecified atom stereocenters. The Morgan fingerprint density at radius 3 is 2.68 bits per heavy atom. The molecule has 4 heterocycles. The lowest BCUT2D eigenvalue weighted by atomic mass is 9.92. The minimum atomic E-state index is -0.129. The fourth-order valence-corrected chi connectivity index (χ4v) is 5.33. The molecule has 5 rings (SSSR count). The van der Waals surface area contributed by atoms with Crippen LogP contribution in [0.15, 0.2) is 46.2 Å². The minimum Gasteiger partial charge on any atom is -0.486 e. The van der Waals surface area contributed by atoms with E-state index in [0.29, 0.717) is 53.9 Å². The lowest BCUT2D eigenvalue weighted by Gasteiger charge is -2.35. The summed E-state index contributed by atoms with van der Waals surface area (Å²) >= 11 is 1.36. The number of aromatic nitrogens is 3. The van der Waals surface area contributed by atoms with Crippen molar-refractivity contribution in [1.29, 1.82) is 0 Å². The van der Waals surface area contributed by atoms with E-state index in [-0.39, 0.29) is 11.7 Å². The lowest BCUT2D eigenvalue weighted by Crippen LogP contribution is -2.40. The molecule has 0 saturated carbocycles. The zero-order valence-electron chi connectivity index (χ0n) is 19.4. The molecule has 1 amide bonds. The summed E-state index contributed by atoms with van der Waals surface area (Å²) in [6, 6.07) is 9.22. The molecule has 1 fully saturated rings. The van der Waals surface area contributed by atoms with E-state index in [4.69, 9.17) is 13.9 Å². The summed E-state index contributed by atoms with van der Waals surface area (Å²) in [5, 5.41) is 12.6. The Morgan fingerprint density at radius 2 is 1.91 bits per heavy atom. The number of furan rings is 1. The molecule has 10 heteroatoms. The van der Waals surface area contributed by atoms with E-state index in [1.54, 1.807) is 12.3 Å². The summed E-state index contributed by atoms with van der Waals surface area (Å²) in [6.45, 7) is 7.97. The van der Waals surface area contributed by atoms with E-state index in [2.05, 4.69) is 34.3 Å². The third kappa shape index (κ3) is 5.16. The smallest absolute Gasteiger partial charge is 0.234 e. The fraction of sp³-hybridized carbons (Fsp3) is 0.458. The lowest BCUT2D eigenvalue weighted by molar-refractivity contribution is -0.113. The number of anilines is 2. The fourth-order valence-electron chi connectivity index (χ4n) is 4.59. The third-order valence-electron chi connectivity index (χ3n) is 5.90. The van der Waals surface area contributed by atoms with E-state index < -0.39 is 0 Å². The number of nitrogens with zero attached hydrogens (tertiary/aromatic N) is 4. The van der Waals surface area contributed by atoms with Crippen molar-refractivity contribution in [1.82, 2.24) is 14.8 Å². The number of fused-ring (bicyclic) bond motifs is 1. The standard InChI is InChI=1S/C24H29N5O4S/c1-16-10-17(2)13-28(12-16)23-26-27-24(29(23)14-19-4-3-7-31-19)34-15-22(30)25-18-5-6-20-21(11-18)33-9-8-32-20/h3-7,11,16-17H,8-10,12-15H2,1-2H3,(H,25,30). The van der Waals surface area contributed by atoms with Gasteiger partial charge in [0.15, 0.2) is 16.7 Å². The van der Waals surface area contributed by atoms with Crippen molar-refractivity contribution in [2.75, 3.05) is 42.3 Å². The van der Waals surface area contributed by atoms with Gasteiger partial charge in [0.1, 0.15) is 19.0 Å². The Kier molecular flexibility index (Phi) is 6.66. The second kappa shape index (κ2) is 10.0. The highest BCUT2D eigenvalue weighted by atomic mass is 32.2. The number of rotatable bonds is 7. The van der Waals surface area contributed by atoms with Crippen LogP contribution in [0, 0.1) is 11.8 Å². The molecule has 180 valence electrons. The molecule has 2 aliphatic heterocycles. The highest BCUT2D eigenvalue weighted by Gasteiger charge is 2.27. The van der Waals surface area contributed by atoms with Gasteiger partial charge in [-0.05, 0) is 42.5 Å². The van der Waals surface area contributed by atoms with Crippen molar-refractivity contribution in [3.63, 3.8) is 0 Å². The van der Waals surface area contributed by atoms with Gasteiger partial charge in [-0.15, -0.1) is 10.2 Å². The SMILES string of the molecule is CC1CC(C)CN(c2nnc(SCC(=O)Nc3ccc4c(c3)OCCO4)n2Cc2ccco2)C1. The molecule has 0 bridgehead atoms. The second-order valence-corrected chi connectivity index (χ2v) is 9.94. The van der Waals surface area contributed by atoms with Crippen LogP contribution in [0.4, 0.5) is 11.6 Å². The summed E-state index contributed by atoms with van der Waals surface area (Å²) in [5.74, 6) is 4.23. The van der Waals surface area contributed by atoms with Crippen LogP contribution in [-0.2, 0) is 11.3 Å². The molecule has 1 saturated heterocycles. The van der Waals surface area contributed by atoms with Crippen molar-refractivity contribution in [2.45, 2.75) is 32.0 Å². The monoisotopic (exact) mass is 483 g/mol. The first-order valence-corrected chi connectivity index (χ1v) is 12.6. The zero-order valence-corrected chi connectivity index (χ0v) is 20.2. The highest BCUT2D eigenvalue weighted by Crippen LogP contribution is 2.33. The Labute approximate surface area is 202 Å². The van der Waals surface area contributed by atoms with Crippen molar-refractivity contribution in [3.05, 3.63) is 42.4 Å². The molecule has 0 radical (unpaired) electrons. The van der Waals surface area contributed by atoms with E-state index in [1.165, 1.54) is 18.2 Å². The molecule has 34 heavy (non-hydrogen) atoms. The number of hydrogen-bond donors (Lipinski definition) is 1. The molecule has 2 atom stereocenters. The summed E-state index contributed by atoms with van der Waals surface area (Å²) in [7, 11) is 0. The number of benzene rings is 1. The zero-order chi connectivity index (χ0) is 23.5. The Bertz CT molecular complexity index is 1120. The quantitative estimate of drug-likeness (QED) is 0.506.